The van der Waals surface area contributed by atoms with E-state index in [1.807, 2.05) is 0 Å². The summed E-state index contributed by atoms with van der Waals surface area (Å²) in [5.41, 5.74) is 0. The highest BCUT2D eigenvalue weighted by Gasteiger charge is 2.20. The fraction of sp³-hybridized carbons (Fsp3) is 0.933. The summed E-state index contributed by atoms with van der Waals surface area (Å²) in [6.07, 6.45) is 66.4. The van der Waals surface area contributed by atoms with Crippen molar-refractivity contribution in [1.29, 1.82) is 0 Å². The van der Waals surface area contributed by atoms with Gasteiger partial charge in [-0.15, -0.1) is 0 Å². The third-order valence-corrected chi connectivity index (χ3v) is 14.1. The number of aliphatic hydroxyl groups is 2. The largest absolute Gasteiger partial charge is 0.466 e. The Balaban J connectivity index is 3.41. The van der Waals surface area contributed by atoms with Crippen molar-refractivity contribution >= 4 is 11.9 Å². The molecule has 0 aromatic rings. The van der Waals surface area contributed by atoms with Crippen LogP contribution in [0, 0.1) is 0 Å². The van der Waals surface area contributed by atoms with Crippen LogP contribution in [0.4, 0.5) is 0 Å². The molecule has 0 rings (SSSR count). The Kier molecular flexibility index (Phi) is 55.0. The van der Waals surface area contributed by atoms with Crippen LogP contribution in [0.3, 0.4) is 0 Å². The van der Waals surface area contributed by atoms with Crippen LogP contribution in [0.1, 0.15) is 335 Å². The monoisotopic (exact) mass is 932 g/mol. The van der Waals surface area contributed by atoms with Crippen LogP contribution in [-0.4, -0.2) is 47.4 Å². The number of allylic oxidation sites excluding steroid dienone is 2. The molecule has 2 unspecified atom stereocenters. The fourth-order valence-electron chi connectivity index (χ4n) is 9.46. The van der Waals surface area contributed by atoms with Gasteiger partial charge in [0.25, 0.3) is 0 Å². The fourth-order valence-corrected chi connectivity index (χ4v) is 9.46. The minimum atomic E-state index is -0.668. The van der Waals surface area contributed by atoms with E-state index < -0.39 is 12.1 Å². The first-order chi connectivity index (χ1) is 32.5. The van der Waals surface area contributed by atoms with Crippen molar-refractivity contribution in [3.8, 4) is 0 Å². The summed E-state index contributed by atoms with van der Waals surface area (Å²) in [6, 6.07) is -0.546. The van der Waals surface area contributed by atoms with Crippen LogP contribution in [0.2, 0.25) is 0 Å². The number of hydrogen-bond acceptors (Lipinski definition) is 5. The maximum absolute atomic E-state index is 12.5. The molecule has 3 N–H and O–H groups in total. The summed E-state index contributed by atoms with van der Waals surface area (Å²) in [6.45, 7) is 4.96. The van der Waals surface area contributed by atoms with Gasteiger partial charge in [0.05, 0.1) is 25.4 Å². The Morgan fingerprint density at radius 1 is 0.409 bits per heavy atom. The summed E-state index contributed by atoms with van der Waals surface area (Å²) >= 11 is 0. The zero-order valence-corrected chi connectivity index (χ0v) is 44.7. The van der Waals surface area contributed by atoms with Gasteiger partial charge in [-0.2, -0.15) is 0 Å². The van der Waals surface area contributed by atoms with E-state index in [-0.39, 0.29) is 18.5 Å². The quantitative estimate of drug-likeness (QED) is 0.0321. The van der Waals surface area contributed by atoms with Gasteiger partial charge >= 0.3 is 5.97 Å². The van der Waals surface area contributed by atoms with Gasteiger partial charge in [-0.3, -0.25) is 9.59 Å². The van der Waals surface area contributed by atoms with Crippen LogP contribution in [0.5, 0.6) is 0 Å². The molecule has 0 aromatic carbocycles. The number of hydrogen-bond donors (Lipinski definition) is 3. The van der Waals surface area contributed by atoms with Gasteiger partial charge in [-0.05, 0) is 51.4 Å². The van der Waals surface area contributed by atoms with E-state index in [0.717, 1.165) is 38.5 Å². The lowest BCUT2D eigenvalue weighted by Crippen LogP contribution is -2.45. The smallest absolute Gasteiger partial charge is 0.305 e. The average Bonchev–Trinajstić information content (AvgIpc) is 3.32. The van der Waals surface area contributed by atoms with Gasteiger partial charge in [0, 0.05) is 12.8 Å². The number of rotatable bonds is 56. The van der Waals surface area contributed by atoms with Gasteiger partial charge in [0.1, 0.15) is 0 Å². The molecule has 0 aromatic heterocycles. The van der Waals surface area contributed by atoms with Crippen molar-refractivity contribution in [2.75, 3.05) is 13.2 Å². The molecule has 2 atom stereocenters. The maximum atomic E-state index is 12.5. The van der Waals surface area contributed by atoms with Gasteiger partial charge in [-0.25, -0.2) is 0 Å². The highest BCUT2D eigenvalue weighted by molar-refractivity contribution is 5.76. The number of ether oxygens (including phenoxy) is 1. The molecule has 0 aliphatic heterocycles. The SMILES string of the molecule is CCCCCCCCCCCCCCCCCC(=O)OCCCCCCCCCCC/C=C\CCCCCCCCCC(=O)NC(CO)C(O)CCCCCCCCCCCCCCCC. The lowest BCUT2D eigenvalue weighted by atomic mass is 10.0. The van der Waals surface area contributed by atoms with Crippen molar-refractivity contribution in [2.24, 2.45) is 0 Å². The maximum Gasteiger partial charge on any atom is 0.305 e. The van der Waals surface area contributed by atoms with E-state index in [0.29, 0.717) is 25.9 Å². The molecule has 0 aliphatic carbocycles. The average molecular weight is 933 g/mol. The van der Waals surface area contributed by atoms with Gasteiger partial charge < -0.3 is 20.3 Å². The molecule has 1 amide bonds. The molecule has 0 heterocycles. The predicted octanol–water partition coefficient (Wildman–Crippen LogP) is 18.5. The van der Waals surface area contributed by atoms with E-state index in [9.17, 15) is 19.8 Å². The highest BCUT2D eigenvalue weighted by atomic mass is 16.5. The molecule has 392 valence electrons. The second-order valence-electron chi connectivity index (χ2n) is 20.7. The Morgan fingerprint density at radius 2 is 0.712 bits per heavy atom. The van der Waals surface area contributed by atoms with E-state index in [1.54, 1.807) is 0 Å². The molecule has 0 bridgehead atoms. The molecule has 0 fully saturated rings. The van der Waals surface area contributed by atoms with Gasteiger partial charge in [0.15, 0.2) is 0 Å². The first-order valence-electron chi connectivity index (χ1n) is 29.9. The highest BCUT2D eigenvalue weighted by Crippen LogP contribution is 2.17. The third-order valence-electron chi connectivity index (χ3n) is 14.1. The number of esters is 1. The van der Waals surface area contributed by atoms with E-state index >= 15 is 0 Å². The number of carbonyl (C=O) groups excluding carboxylic acids is 2. The van der Waals surface area contributed by atoms with Crippen LogP contribution in [-0.2, 0) is 14.3 Å². The molecular weight excluding hydrogens is 815 g/mol. The van der Waals surface area contributed by atoms with Crippen molar-refractivity contribution in [3.63, 3.8) is 0 Å². The van der Waals surface area contributed by atoms with E-state index in [1.165, 1.54) is 263 Å². The standard InChI is InChI=1S/C60H117NO5/c1-3-5-7-9-11-13-15-17-25-30-34-38-42-46-50-54-60(65)66-55-51-47-43-39-35-31-27-24-22-20-19-21-23-26-29-33-37-41-45-49-53-59(64)61-57(56-62)58(63)52-48-44-40-36-32-28-18-16-14-12-10-8-6-4-2/h19,21,57-58,62-63H,3-18,20,22-56H2,1-2H3,(H,61,64)/b21-19-. The Labute approximate surface area is 412 Å². The first kappa shape index (κ1) is 64.6. The minimum absolute atomic E-state index is 0.00970. The van der Waals surface area contributed by atoms with Gasteiger partial charge in [-0.1, -0.05) is 283 Å². The lowest BCUT2D eigenvalue weighted by Gasteiger charge is -2.22. The molecule has 0 radical (unpaired) electrons. The summed E-state index contributed by atoms with van der Waals surface area (Å²) in [5.74, 6) is -0.0321. The van der Waals surface area contributed by atoms with Crippen molar-refractivity contribution in [2.45, 2.75) is 347 Å². The molecule has 0 saturated heterocycles. The normalized spacial score (nSPS) is 12.6. The zero-order valence-electron chi connectivity index (χ0n) is 44.7. The molecule has 6 heteroatoms. The molecule has 0 spiro atoms. The molecule has 0 saturated carbocycles. The molecule has 66 heavy (non-hydrogen) atoms. The lowest BCUT2D eigenvalue weighted by molar-refractivity contribution is -0.143. The summed E-state index contributed by atoms with van der Waals surface area (Å²) in [5, 5.41) is 23.2. The van der Waals surface area contributed by atoms with Crippen molar-refractivity contribution in [3.05, 3.63) is 12.2 Å². The minimum Gasteiger partial charge on any atom is -0.466 e. The number of aliphatic hydroxyl groups excluding tert-OH is 2. The predicted molar refractivity (Wildman–Crippen MR) is 287 cm³/mol. The molecule has 0 aliphatic rings. The summed E-state index contributed by atoms with van der Waals surface area (Å²) < 4.78 is 5.48. The van der Waals surface area contributed by atoms with Crippen LogP contribution >= 0.6 is 0 Å². The Bertz CT molecular complexity index is 986. The number of nitrogens with one attached hydrogen (secondary N) is 1. The van der Waals surface area contributed by atoms with Crippen LogP contribution in [0.25, 0.3) is 0 Å². The van der Waals surface area contributed by atoms with Crippen molar-refractivity contribution in [1.82, 2.24) is 5.32 Å². The Morgan fingerprint density at radius 3 is 1.08 bits per heavy atom. The number of amides is 1. The van der Waals surface area contributed by atoms with Crippen LogP contribution < -0.4 is 5.32 Å². The molecular formula is C60H117NO5. The zero-order chi connectivity index (χ0) is 47.9. The number of carbonyl (C=O) groups is 2. The number of unbranched alkanes of at least 4 members (excludes halogenated alkanes) is 43. The third kappa shape index (κ3) is 52.0. The van der Waals surface area contributed by atoms with E-state index in [2.05, 4.69) is 31.3 Å². The topological polar surface area (TPSA) is 95.9 Å². The van der Waals surface area contributed by atoms with Crippen molar-refractivity contribution < 1.29 is 24.5 Å². The Hall–Kier alpha value is -1.40. The summed E-state index contributed by atoms with van der Waals surface area (Å²) in [7, 11) is 0. The van der Waals surface area contributed by atoms with E-state index in [4.69, 9.17) is 4.74 Å². The molecule has 6 nitrogen and oxygen atoms in total. The summed E-state index contributed by atoms with van der Waals surface area (Å²) in [4.78, 5) is 24.5. The van der Waals surface area contributed by atoms with Crippen LogP contribution in [0.15, 0.2) is 12.2 Å². The second kappa shape index (κ2) is 56.2. The first-order valence-corrected chi connectivity index (χ1v) is 29.9. The second-order valence-corrected chi connectivity index (χ2v) is 20.7. The van der Waals surface area contributed by atoms with Gasteiger partial charge in [0.2, 0.25) is 5.91 Å².